The van der Waals surface area contributed by atoms with Crippen molar-refractivity contribution in [1.29, 1.82) is 0 Å². The minimum Gasteiger partial charge on any atom is -0.503 e. The lowest BCUT2D eigenvalue weighted by atomic mass is 9.80. The van der Waals surface area contributed by atoms with Gasteiger partial charge in [-0.1, -0.05) is 26.0 Å². The molecule has 0 saturated heterocycles. The van der Waals surface area contributed by atoms with Crippen molar-refractivity contribution in [1.82, 2.24) is 10.3 Å². The Morgan fingerprint density at radius 1 is 1.17 bits per heavy atom. The second kappa shape index (κ2) is 8.89. The van der Waals surface area contributed by atoms with E-state index in [1.807, 2.05) is 13.8 Å². The maximum Gasteiger partial charge on any atom is 0.328 e. The second-order valence-electron chi connectivity index (χ2n) is 7.21. The lowest BCUT2D eigenvalue weighted by molar-refractivity contribution is -0.153. The Balaban J connectivity index is 2.04. The van der Waals surface area contributed by atoms with Crippen LogP contribution in [0.4, 0.5) is 4.39 Å². The number of hydrogen-bond donors (Lipinski definition) is 2. The smallest absolute Gasteiger partial charge is 0.328 e. The van der Waals surface area contributed by atoms with Crippen molar-refractivity contribution in [3.8, 4) is 11.5 Å². The molecule has 29 heavy (non-hydrogen) atoms. The van der Waals surface area contributed by atoms with E-state index in [4.69, 9.17) is 9.47 Å². The van der Waals surface area contributed by atoms with E-state index in [9.17, 15) is 19.1 Å². The molecule has 1 heterocycles. The van der Waals surface area contributed by atoms with Crippen LogP contribution in [0.5, 0.6) is 11.5 Å². The number of amides is 1. The van der Waals surface area contributed by atoms with Crippen molar-refractivity contribution >= 4 is 11.9 Å². The normalized spacial score (nSPS) is 13.3. The maximum atomic E-state index is 13.2. The van der Waals surface area contributed by atoms with E-state index < -0.39 is 35.2 Å². The van der Waals surface area contributed by atoms with Gasteiger partial charge < -0.3 is 19.9 Å². The average molecular weight is 404 g/mol. The number of ether oxygens (including phenoxy) is 2. The van der Waals surface area contributed by atoms with Gasteiger partial charge in [-0.05, 0) is 31.5 Å². The number of nitrogens with zero attached hydrogens (tertiary/aromatic N) is 1. The van der Waals surface area contributed by atoms with Crippen LogP contribution in [-0.4, -0.2) is 41.2 Å². The molecule has 2 aromatic rings. The molecule has 0 spiro atoms. The van der Waals surface area contributed by atoms with E-state index in [0.29, 0.717) is 0 Å². The van der Waals surface area contributed by atoms with Crippen LogP contribution in [0.1, 0.15) is 43.7 Å². The van der Waals surface area contributed by atoms with Gasteiger partial charge in [0.25, 0.3) is 5.91 Å². The first kappa shape index (κ1) is 22.1. The number of esters is 1. The second-order valence-corrected chi connectivity index (χ2v) is 7.21. The highest BCUT2D eigenvalue weighted by Gasteiger charge is 2.32. The summed E-state index contributed by atoms with van der Waals surface area (Å²) in [5.74, 6) is -2.06. The standard InChI is InChI=1S/C21H25FN2O5/c1-12(24-19(26)17-18(25)16(28-5)10-11-23-17)20(27)29-13(2)21(3,4)14-6-8-15(22)9-7-14/h6-13,25H,1-5H3,(H,24,26). The summed E-state index contributed by atoms with van der Waals surface area (Å²) in [6.07, 6.45) is 0.757. The van der Waals surface area contributed by atoms with Gasteiger partial charge in [0, 0.05) is 17.7 Å². The first-order valence-electron chi connectivity index (χ1n) is 9.07. The molecule has 0 saturated carbocycles. The highest BCUT2D eigenvalue weighted by molar-refractivity contribution is 5.97. The molecule has 0 fully saturated rings. The Kier molecular flexibility index (Phi) is 6.79. The van der Waals surface area contributed by atoms with Crippen molar-refractivity contribution in [3.63, 3.8) is 0 Å². The largest absolute Gasteiger partial charge is 0.503 e. The number of methoxy groups -OCH3 is 1. The number of benzene rings is 1. The molecule has 0 aliphatic rings. The van der Waals surface area contributed by atoms with Crippen LogP contribution in [-0.2, 0) is 14.9 Å². The third-order valence-corrected chi connectivity index (χ3v) is 4.92. The number of rotatable bonds is 7. The molecule has 0 aliphatic heterocycles. The number of nitrogens with one attached hydrogen (secondary N) is 1. The molecule has 8 heteroatoms. The van der Waals surface area contributed by atoms with Crippen molar-refractivity contribution in [2.45, 2.75) is 45.3 Å². The Labute approximate surface area is 168 Å². The summed E-state index contributed by atoms with van der Waals surface area (Å²) in [5.41, 5.74) is -0.0372. The lowest BCUT2D eigenvalue weighted by Gasteiger charge is -2.32. The van der Waals surface area contributed by atoms with E-state index in [2.05, 4.69) is 10.3 Å². The first-order chi connectivity index (χ1) is 13.6. The molecule has 2 atom stereocenters. The van der Waals surface area contributed by atoms with E-state index in [1.54, 1.807) is 19.1 Å². The average Bonchev–Trinajstić information content (AvgIpc) is 2.68. The number of carbonyl (C=O) groups is 2. The van der Waals surface area contributed by atoms with Crippen LogP contribution in [0.2, 0.25) is 0 Å². The summed E-state index contributed by atoms with van der Waals surface area (Å²) in [6, 6.07) is 6.40. The van der Waals surface area contributed by atoms with Gasteiger partial charge in [0.1, 0.15) is 18.0 Å². The van der Waals surface area contributed by atoms with Gasteiger partial charge in [0.2, 0.25) is 0 Å². The van der Waals surface area contributed by atoms with Crippen LogP contribution in [0.3, 0.4) is 0 Å². The van der Waals surface area contributed by atoms with Gasteiger partial charge in [-0.3, -0.25) is 4.79 Å². The summed E-state index contributed by atoms with van der Waals surface area (Å²) in [4.78, 5) is 28.6. The van der Waals surface area contributed by atoms with Crippen molar-refractivity contribution in [2.24, 2.45) is 0 Å². The van der Waals surface area contributed by atoms with Crippen molar-refractivity contribution in [2.75, 3.05) is 7.11 Å². The molecule has 0 bridgehead atoms. The summed E-state index contributed by atoms with van der Waals surface area (Å²) in [7, 11) is 1.35. The maximum absolute atomic E-state index is 13.2. The van der Waals surface area contributed by atoms with Crippen LogP contribution >= 0.6 is 0 Å². The molecule has 2 unspecified atom stereocenters. The van der Waals surface area contributed by atoms with Gasteiger partial charge in [0.15, 0.2) is 17.2 Å². The zero-order valence-corrected chi connectivity index (χ0v) is 17.0. The molecular formula is C21H25FN2O5. The highest BCUT2D eigenvalue weighted by atomic mass is 19.1. The molecule has 2 rings (SSSR count). The SMILES string of the molecule is COc1ccnc(C(=O)NC(C)C(=O)OC(C)C(C)(C)c2ccc(F)cc2)c1O. The van der Waals surface area contributed by atoms with Gasteiger partial charge in [-0.25, -0.2) is 14.2 Å². The molecule has 156 valence electrons. The van der Waals surface area contributed by atoms with Crippen LogP contribution in [0.25, 0.3) is 0 Å². The molecule has 0 aliphatic carbocycles. The molecule has 1 aromatic heterocycles. The number of aromatic hydroxyl groups is 1. The molecule has 2 N–H and O–H groups in total. The van der Waals surface area contributed by atoms with Crippen molar-refractivity contribution < 1.29 is 28.6 Å². The predicted molar refractivity (Wildman–Crippen MR) is 104 cm³/mol. The minimum absolute atomic E-state index is 0.0926. The van der Waals surface area contributed by atoms with Gasteiger partial charge in [0.05, 0.1) is 7.11 Å². The van der Waals surface area contributed by atoms with E-state index in [1.165, 1.54) is 38.4 Å². The summed E-state index contributed by atoms with van der Waals surface area (Å²) >= 11 is 0. The Morgan fingerprint density at radius 3 is 2.38 bits per heavy atom. The highest BCUT2D eigenvalue weighted by Crippen LogP contribution is 2.30. The quantitative estimate of drug-likeness (QED) is 0.689. The Hall–Kier alpha value is -3.16. The van der Waals surface area contributed by atoms with E-state index >= 15 is 0 Å². The van der Waals surface area contributed by atoms with Gasteiger partial charge in [-0.2, -0.15) is 0 Å². The zero-order valence-electron chi connectivity index (χ0n) is 17.0. The predicted octanol–water partition coefficient (Wildman–Crippen LogP) is 2.96. The van der Waals surface area contributed by atoms with E-state index in [0.717, 1.165) is 5.56 Å². The van der Waals surface area contributed by atoms with Gasteiger partial charge in [-0.15, -0.1) is 0 Å². The zero-order chi connectivity index (χ0) is 21.8. The Bertz CT molecular complexity index is 883. The summed E-state index contributed by atoms with van der Waals surface area (Å²) in [5, 5.41) is 12.5. The van der Waals surface area contributed by atoms with Crippen molar-refractivity contribution in [3.05, 3.63) is 53.6 Å². The Morgan fingerprint density at radius 2 is 1.79 bits per heavy atom. The number of halogens is 1. The monoisotopic (exact) mass is 404 g/mol. The fourth-order valence-electron chi connectivity index (χ4n) is 2.63. The third kappa shape index (κ3) is 5.01. The summed E-state index contributed by atoms with van der Waals surface area (Å²) < 4.78 is 23.6. The van der Waals surface area contributed by atoms with E-state index in [-0.39, 0.29) is 17.3 Å². The number of carbonyl (C=O) groups excluding carboxylic acids is 2. The number of aromatic nitrogens is 1. The fraction of sp³-hybridized carbons (Fsp3) is 0.381. The molecule has 1 amide bonds. The summed E-state index contributed by atoms with van der Waals surface area (Å²) in [6.45, 7) is 6.94. The first-order valence-corrected chi connectivity index (χ1v) is 9.07. The minimum atomic E-state index is -0.985. The lowest BCUT2D eigenvalue weighted by Crippen LogP contribution is -2.44. The fourth-order valence-corrected chi connectivity index (χ4v) is 2.63. The molecule has 7 nitrogen and oxygen atoms in total. The number of hydrogen-bond acceptors (Lipinski definition) is 6. The van der Waals surface area contributed by atoms with Crippen LogP contribution in [0.15, 0.2) is 36.5 Å². The van der Waals surface area contributed by atoms with Gasteiger partial charge >= 0.3 is 5.97 Å². The molecular weight excluding hydrogens is 379 g/mol. The number of pyridine rings is 1. The van der Waals surface area contributed by atoms with Crippen LogP contribution in [0, 0.1) is 5.82 Å². The molecule has 0 radical (unpaired) electrons. The van der Waals surface area contributed by atoms with Crippen LogP contribution < -0.4 is 10.1 Å². The molecule has 1 aromatic carbocycles. The topological polar surface area (TPSA) is 97.8 Å². The third-order valence-electron chi connectivity index (χ3n) is 4.92.